The summed E-state index contributed by atoms with van der Waals surface area (Å²) in [6.45, 7) is 2.10. The number of hydrogen-bond donors (Lipinski definition) is 1. The van der Waals surface area contributed by atoms with Gasteiger partial charge in [-0.2, -0.15) is 4.98 Å². The van der Waals surface area contributed by atoms with Crippen LogP contribution < -0.4 is 5.32 Å². The standard InChI is InChI=1S/C28H27ClN4O2S/c29-23-14-12-20(13-15-23)19-36-25-11-5-4-10-24(25)30-28(34)22-9-6-16-33(17-22)18-26-31-27(32-35-26)21-7-2-1-3-8-21/h1-5,7-8,10-15,22H,6,9,16-19H2,(H,30,34). The van der Waals surface area contributed by atoms with Crippen molar-refractivity contribution in [3.8, 4) is 11.4 Å². The van der Waals surface area contributed by atoms with Crippen LogP contribution in [0.4, 0.5) is 5.69 Å². The summed E-state index contributed by atoms with van der Waals surface area (Å²) in [5.74, 6) is 1.92. The van der Waals surface area contributed by atoms with E-state index in [0.717, 1.165) is 46.3 Å². The molecule has 184 valence electrons. The highest BCUT2D eigenvalue weighted by molar-refractivity contribution is 7.98. The van der Waals surface area contributed by atoms with Crippen molar-refractivity contribution >= 4 is 35.0 Å². The number of piperidine rings is 1. The van der Waals surface area contributed by atoms with Crippen LogP contribution >= 0.6 is 23.4 Å². The Balaban J connectivity index is 1.18. The van der Waals surface area contributed by atoms with E-state index in [2.05, 4.69) is 20.4 Å². The molecule has 3 aromatic carbocycles. The first-order valence-electron chi connectivity index (χ1n) is 12.0. The molecule has 5 rings (SSSR count). The maximum atomic E-state index is 13.2. The minimum Gasteiger partial charge on any atom is -0.338 e. The molecule has 1 aromatic heterocycles. The molecule has 8 heteroatoms. The lowest BCUT2D eigenvalue weighted by Gasteiger charge is -2.31. The van der Waals surface area contributed by atoms with Crippen molar-refractivity contribution in [2.75, 3.05) is 18.4 Å². The van der Waals surface area contributed by atoms with Gasteiger partial charge in [0.25, 0.3) is 0 Å². The summed E-state index contributed by atoms with van der Waals surface area (Å²) in [6, 6.07) is 25.6. The molecule has 1 N–H and O–H groups in total. The van der Waals surface area contributed by atoms with Gasteiger partial charge in [0.1, 0.15) is 0 Å². The molecule has 36 heavy (non-hydrogen) atoms. The minimum absolute atomic E-state index is 0.0507. The van der Waals surface area contributed by atoms with Gasteiger partial charge in [0.15, 0.2) is 0 Å². The summed E-state index contributed by atoms with van der Waals surface area (Å²) >= 11 is 7.70. The molecule has 0 aliphatic carbocycles. The fraction of sp³-hybridized carbons (Fsp3) is 0.250. The van der Waals surface area contributed by atoms with Crippen LogP contribution in [-0.4, -0.2) is 34.0 Å². The Morgan fingerprint density at radius 2 is 1.83 bits per heavy atom. The van der Waals surface area contributed by atoms with Crippen molar-refractivity contribution in [3.63, 3.8) is 0 Å². The summed E-state index contributed by atoms with van der Waals surface area (Å²) in [7, 11) is 0. The number of thioether (sulfide) groups is 1. The third kappa shape index (κ3) is 6.35. The van der Waals surface area contributed by atoms with E-state index in [1.165, 1.54) is 5.56 Å². The number of carbonyl (C=O) groups excluding carboxylic acids is 1. The number of aromatic nitrogens is 2. The molecule has 1 atom stereocenters. The molecular weight excluding hydrogens is 492 g/mol. The highest BCUT2D eigenvalue weighted by atomic mass is 35.5. The third-order valence-electron chi connectivity index (χ3n) is 6.19. The number of amides is 1. The van der Waals surface area contributed by atoms with Crippen molar-refractivity contribution in [3.05, 3.63) is 95.3 Å². The van der Waals surface area contributed by atoms with Gasteiger partial charge in [0, 0.05) is 27.8 Å². The van der Waals surface area contributed by atoms with Crippen LogP contribution in [0.25, 0.3) is 11.4 Å². The number of hydrogen-bond acceptors (Lipinski definition) is 6. The fourth-order valence-electron chi connectivity index (χ4n) is 4.30. The third-order valence-corrected chi connectivity index (χ3v) is 7.58. The molecule has 1 fully saturated rings. The van der Waals surface area contributed by atoms with Gasteiger partial charge in [0.2, 0.25) is 17.6 Å². The van der Waals surface area contributed by atoms with Crippen LogP contribution in [0.15, 0.2) is 88.3 Å². The molecule has 4 aromatic rings. The molecule has 6 nitrogen and oxygen atoms in total. The van der Waals surface area contributed by atoms with Crippen LogP contribution in [0.2, 0.25) is 5.02 Å². The number of benzene rings is 3. The van der Waals surface area contributed by atoms with Gasteiger partial charge in [-0.3, -0.25) is 9.69 Å². The lowest BCUT2D eigenvalue weighted by atomic mass is 9.97. The first-order valence-corrected chi connectivity index (χ1v) is 13.4. The molecule has 0 bridgehead atoms. The predicted molar refractivity (Wildman–Crippen MR) is 144 cm³/mol. The predicted octanol–water partition coefficient (Wildman–Crippen LogP) is 6.53. The van der Waals surface area contributed by atoms with Gasteiger partial charge in [-0.05, 0) is 49.2 Å². The second kappa shape index (κ2) is 11.7. The summed E-state index contributed by atoms with van der Waals surface area (Å²) in [5.41, 5.74) is 2.96. The number of rotatable bonds is 8. The van der Waals surface area contributed by atoms with E-state index in [-0.39, 0.29) is 11.8 Å². The number of anilines is 1. The lowest BCUT2D eigenvalue weighted by Crippen LogP contribution is -2.40. The van der Waals surface area contributed by atoms with Crippen LogP contribution in [0.3, 0.4) is 0 Å². The van der Waals surface area contributed by atoms with Gasteiger partial charge in [-0.15, -0.1) is 11.8 Å². The van der Waals surface area contributed by atoms with E-state index in [0.29, 0.717) is 24.8 Å². The van der Waals surface area contributed by atoms with Crippen molar-refractivity contribution in [1.82, 2.24) is 15.0 Å². The average molecular weight is 519 g/mol. The monoisotopic (exact) mass is 518 g/mol. The number of halogens is 1. The summed E-state index contributed by atoms with van der Waals surface area (Å²) in [5, 5.41) is 8.02. The molecule has 0 radical (unpaired) electrons. The normalized spacial score (nSPS) is 16.1. The van der Waals surface area contributed by atoms with Gasteiger partial charge in [0.05, 0.1) is 18.2 Å². The SMILES string of the molecule is O=C(Nc1ccccc1SCc1ccc(Cl)cc1)C1CCCN(Cc2nc(-c3ccccc3)no2)C1. The topological polar surface area (TPSA) is 71.3 Å². The highest BCUT2D eigenvalue weighted by Crippen LogP contribution is 2.31. The lowest BCUT2D eigenvalue weighted by molar-refractivity contribution is -0.121. The van der Waals surface area contributed by atoms with Crippen molar-refractivity contribution in [2.45, 2.75) is 30.0 Å². The molecule has 1 unspecified atom stereocenters. The Kier molecular flexibility index (Phi) is 8.01. The number of nitrogens with zero attached hydrogens (tertiary/aromatic N) is 3. The summed E-state index contributed by atoms with van der Waals surface area (Å²) < 4.78 is 5.49. The van der Waals surface area contributed by atoms with E-state index < -0.39 is 0 Å². The smallest absolute Gasteiger partial charge is 0.241 e. The second-order valence-electron chi connectivity index (χ2n) is 8.85. The largest absolute Gasteiger partial charge is 0.338 e. The zero-order valence-corrected chi connectivity index (χ0v) is 21.3. The van der Waals surface area contributed by atoms with E-state index in [1.54, 1.807) is 11.8 Å². The van der Waals surface area contributed by atoms with E-state index in [1.807, 2.05) is 78.9 Å². The number of likely N-dealkylation sites (tertiary alicyclic amines) is 1. The summed E-state index contributed by atoms with van der Waals surface area (Å²) in [6.07, 6.45) is 1.81. The molecule has 1 saturated heterocycles. The Morgan fingerprint density at radius 1 is 1.06 bits per heavy atom. The van der Waals surface area contributed by atoms with Crippen LogP contribution in [0.1, 0.15) is 24.3 Å². The molecule has 1 aliphatic rings. The minimum atomic E-state index is -0.0930. The number of nitrogens with one attached hydrogen (secondary N) is 1. The van der Waals surface area contributed by atoms with E-state index in [4.69, 9.17) is 16.1 Å². The van der Waals surface area contributed by atoms with Crippen molar-refractivity contribution in [2.24, 2.45) is 5.92 Å². The Bertz CT molecular complexity index is 1300. The van der Waals surface area contributed by atoms with Gasteiger partial charge in [-0.25, -0.2) is 0 Å². The van der Waals surface area contributed by atoms with E-state index >= 15 is 0 Å². The average Bonchev–Trinajstić information content (AvgIpc) is 3.38. The number of para-hydroxylation sites is 1. The quantitative estimate of drug-likeness (QED) is 0.267. The van der Waals surface area contributed by atoms with Crippen molar-refractivity contribution < 1.29 is 9.32 Å². The second-order valence-corrected chi connectivity index (χ2v) is 10.3. The van der Waals surface area contributed by atoms with Crippen LogP contribution in [0, 0.1) is 5.92 Å². The van der Waals surface area contributed by atoms with Crippen molar-refractivity contribution in [1.29, 1.82) is 0 Å². The van der Waals surface area contributed by atoms with E-state index in [9.17, 15) is 4.79 Å². The van der Waals surface area contributed by atoms with Gasteiger partial charge < -0.3 is 9.84 Å². The summed E-state index contributed by atoms with van der Waals surface area (Å²) in [4.78, 5) is 21.0. The number of carbonyl (C=O) groups is 1. The van der Waals surface area contributed by atoms with Gasteiger partial charge in [-0.1, -0.05) is 71.4 Å². The molecule has 0 spiro atoms. The maximum Gasteiger partial charge on any atom is 0.241 e. The Labute approximate surface area is 220 Å². The van der Waals surface area contributed by atoms with Gasteiger partial charge >= 0.3 is 0 Å². The zero-order valence-electron chi connectivity index (χ0n) is 19.8. The molecular formula is C28H27ClN4O2S. The molecule has 0 saturated carbocycles. The first kappa shape index (κ1) is 24.6. The molecule has 1 aliphatic heterocycles. The molecule has 1 amide bonds. The first-order chi connectivity index (χ1) is 17.6. The molecule has 2 heterocycles. The highest BCUT2D eigenvalue weighted by Gasteiger charge is 2.27. The van der Waals surface area contributed by atoms with Crippen LogP contribution in [0.5, 0.6) is 0 Å². The fourth-order valence-corrected chi connectivity index (χ4v) is 5.39. The zero-order chi connectivity index (χ0) is 24.7. The maximum absolute atomic E-state index is 13.2. The Hall–Kier alpha value is -3.13. The van der Waals surface area contributed by atoms with Crippen LogP contribution in [-0.2, 0) is 17.1 Å². The Morgan fingerprint density at radius 3 is 2.67 bits per heavy atom.